The van der Waals surface area contributed by atoms with Crippen molar-refractivity contribution in [3.05, 3.63) is 36.2 Å². The maximum atomic E-state index is 6.34. The van der Waals surface area contributed by atoms with E-state index in [9.17, 15) is 0 Å². The fourth-order valence-electron chi connectivity index (χ4n) is 4.91. The highest BCUT2D eigenvalue weighted by molar-refractivity contribution is 5.83. The van der Waals surface area contributed by atoms with Gasteiger partial charge in [-0.15, -0.1) is 0 Å². The van der Waals surface area contributed by atoms with Crippen LogP contribution in [-0.2, 0) is 6.54 Å². The van der Waals surface area contributed by atoms with Gasteiger partial charge in [0.2, 0.25) is 0 Å². The van der Waals surface area contributed by atoms with Crippen molar-refractivity contribution in [2.24, 2.45) is 11.3 Å². The molecule has 0 atom stereocenters. The molecule has 2 aromatic rings. The van der Waals surface area contributed by atoms with E-state index in [0.29, 0.717) is 11.5 Å². The van der Waals surface area contributed by atoms with E-state index in [-0.39, 0.29) is 0 Å². The summed E-state index contributed by atoms with van der Waals surface area (Å²) < 4.78 is 6.34. The monoisotopic (exact) mass is 380 g/mol. The number of piperidine rings is 1. The topological polar surface area (TPSA) is 25.4 Å². The first kappa shape index (κ1) is 19.7. The van der Waals surface area contributed by atoms with Crippen LogP contribution in [0.3, 0.4) is 0 Å². The Labute approximate surface area is 170 Å². The van der Waals surface area contributed by atoms with E-state index >= 15 is 0 Å². The minimum absolute atomic E-state index is 0.363. The third kappa shape index (κ3) is 4.86. The standard InChI is InChI=1S/C25H36N2O/c1-25(2,3)21-8-11-23(12-9-21)28-24-10-7-19-15-22(26-17-20(19)16-24)18-27-13-5-4-6-14-27/h7,10,15-17,21,23H,4-6,8-9,11-14,18H2,1-3H3/t21-,23-. The van der Waals surface area contributed by atoms with E-state index in [1.165, 1.54) is 74.5 Å². The smallest absolute Gasteiger partial charge is 0.120 e. The highest BCUT2D eigenvalue weighted by Gasteiger charge is 2.30. The van der Waals surface area contributed by atoms with E-state index in [2.05, 4.69) is 49.9 Å². The number of ether oxygens (including phenoxy) is 1. The van der Waals surface area contributed by atoms with Crippen LogP contribution in [0.4, 0.5) is 0 Å². The van der Waals surface area contributed by atoms with Crippen molar-refractivity contribution in [1.29, 1.82) is 0 Å². The van der Waals surface area contributed by atoms with Gasteiger partial charge in [-0.25, -0.2) is 0 Å². The summed E-state index contributed by atoms with van der Waals surface area (Å²) in [5.41, 5.74) is 1.61. The van der Waals surface area contributed by atoms with Gasteiger partial charge >= 0.3 is 0 Å². The summed E-state index contributed by atoms with van der Waals surface area (Å²) >= 11 is 0. The lowest BCUT2D eigenvalue weighted by Gasteiger charge is -2.37. The zero-order valence-electron chi connectivity index (χ0n) is 17.9. The molecule has 3 heteroatoms. The molecule has 3 nitrogen and oxygen atoms in total. The molecule has 0 N–H and O–H groups in total. The molecule has 0 unspecified atom stereocenters. The van der Waals surface area contributed by atoms with Gasteiger partial charge in [-0.3, -0.25) is 9.88 Å². The average molecular weight is 381 g/mol. The molecule has 1 aromatic heterocycles. The molecule has 0 radical (unpaired) electrons. The Morgan fingerprint density at radius 1 is 0.964 bits per heavy atom. The first-order chi connectivity index (χ1) is 13.5. The summed E-state index contributed by atoms with van der Waals surface area (Å²) in [6.07, 6.45) is 11.3. The Bertz CT molecular complexity index is 781. The summed E-state index contributed by atoms with van der Waals surface area (Å²) in [4.78, 5) is 7.26. The van der Waals surface area contributed by atoms with Crippen molar-refractivity contribution in [2.75, 3.05) is 13.1 Å². The molecule has 2 fully saturated rings. The molecular weight excluding hydrogens is 344 g/mol. The van der Waals surface area contributed by atoms with Crippen LogP contribution >= 0.6 is 0 Å². The second kappa shape index (κ2) is 8.41. The van der Waals surface area contributed by atoms with Crippen LogP contribution in [0.2, 0.25) is 0 Å². The number of hydrogen-bond donors (Lipinski definition) is 0. The lowest BCUT2D eigenvalue weighted by Crippen LogP contribution is -2.30. The SMILES string of the molecule is CC(C)(C)[C@H]1CC[C@H](Oc2ccc3cc(CN4CCCCC4)ncc3c2)CC1. The largest absolute Gasteiger partial charge is 0.490 e. The van der Waals surface area contributed by atoms with Crippen LogP contribution < -0.4 is 4.74 Å². The van der Waals surface area contributed by atoms with Crippen LogP contribution in [0.1, 0.15) is 71.4 Å². The third-order valence-electron chi connectivity index (χ3n) is 6.79. The molecule has 1 saturated carbocycles. The lowest BCUT2D eigenvalue weighted by atomic mass is 9.72. The normalized spacial score (nSPS) is 24.4. The Balaban J connectivity index is 1.37. The highest BCUT2D eigenvalue weighted by atomic mass is 16.5. The number of aromatic nitrogens is 1. The number of likely N-dealkylation sites (tertiary alicyclic amines) is 1. The van der Waals surface area contributed by atoms with E-state index < -0.39 is 0 Å². The Hall–Kier alpha value is -1.61. The van der Waals surface area contributed by atoms with Crippen LogP contribution in [0.25, 0.3) is 10.8 Å². The average Bonchev–Trinajstić information content (AvgIpc) is 2.69. The van der Waals surface area contributed by atoms with Crippen LogP contribution in [0.5, 0.6) is 5.75 Å². The van der Waals surface area contributed by atoms with Gasteiger partial charge in [0, 0.05) is 18.1 Å². The summed E-state index contributed by atoms with van der Waals surface area (Å²) in [5, 5.41) is 2.45. The van der Waals surface area contributed by atoms with Gasteiger partial charge < -0.3 is 4.74 Å². The number of hydrogen-bond acceptors (Lipinski definition) is 3. The van der Waals surface area contributed by atoms with Crippen molar-refractivity contribution in [3.8, 4) is 5.75 Å². The van der Waals surface area contributed by atoms with Crippen molar-refractivity contribution < 1.29 is 4.74 Å². The molecular formula is C25H36N2O. The maximum Gasteiger partial charge on any atom is 0.120 e. The molecule has 2 aliphatic rings. The van der Waals surface area contributed by atoms with Crippen LogP contribution in [0.15, 0.2) is 30.5 Å². The molecule has 0 bridgehead atoms. The number of benzene rings is 1. The molecule has 152 valence electrons. The van der Waals surface area contributed by atoms with Gasteiger partial charge in [-0.1, -0.05) is 33.3 Å². The number of fused-ring (bicyclic) bond motifs is 1. The minimum Gasteiger partial charge on any atom is -0.490 e. The van der Waals surface area contributed by atoms with Crippen molar-refractivity contribution >= 4 is 10.8 Å². The Morgan fingerprint density at radius 2 is 1.71 bits per heavy atom. The molecule has 1 aliphatic carbocycles. The fourth-order valence-corrected chi connectivity index (χ4v) is 4.91. The second-order valence-corrected chi connectivity index (χ2v) is 9.98. The van der Waals surface area contributed by atoms with E-state index in [1.807, 2.05) is 6.20 Å². The Kier molecular flexibility index (Phi) is 5.91. The fraction of sp³-hybridized carbons (Fsp3) is 0.640. The first-order valence-corrected chi connectivity index (χ1v) is 11.2. The Morgan fingerprint density at radius 3 is 2.43 bits per heavy atom. The van der Waals surface area contributed by atoms with E-state index in [0.717, 1.165) is 18.2 Å². The summed E-state index contributed by atoms with van der Waals surface area (Å²) in [7, 11) is 0. The molecule has 1 aromatic carbocycles. The molecule has 0 amide bonds. The highest BCUT2D eigenvalue weighted by Crippen LogP contribution is 2.39. The molecule has 28 heavy (non-hydrogen) atoms. The quantitative estimate of drug-likeness (QED) is 0.631. The van der Waals surface area contributed by atoms with E-state index in [4.69, 9.17) is 9.72 Å². The van der Waals surface area contributed by atoms with Crippen molar-refractivity contribution in [1.82, 2.24) is 9.88 Å². The molecule has 4 rings (SSSR count). The van der Waals surface area contributed by atoms with Crippen molar-refractivity contribution in [3.63, 3.8) is 0 Å². The number of pyridine rings is 1. The van der Waals surface area contributed by atoms with Gasteiger partial charge in [0.1, 0.15) is 5.75 Å². The predicted molar refractivity (Wildman–Crippen MR) is 117 cm³/mol. The minimum atomic E-state index is 0.363. The van der Waals surface area contributed by atoms with Crippen LogP contribution in [0, 0.1) is 11.3 Å². The summed E-state index contributed by atoms with van der Waals surface area (Å²) in [6, 6.07) is 8.76. The van der Waals surface area contributed by atoms with Crippen molar-refractivity contribution in [2.45, 2.75) is 78.4 Å². The summed E-state index contributed by atoms with van der Waals surface area (Å²) in [6.45, 7) is 10.5. The molecule has 2 heterocycles. The second-order valence-electron chi connectivity index (χ2n) is 9.98. The molecule has 1 aliphatic heterocycles. The van der Waals surface area contributed by atoms with E-state index in [1.54, 1.807) is 0 Å². The van der Waals surface area contributed by atoms with Gasteiger partial charge in [-0.05, 0) is 86.5 Å². The van der Waals surface area contributed by atoms with Gasteiger partial charge in [-0.2, -0.15) is 0 Å². The number of nitrogens with zero attached hydrogens (tertiary/aromatic N) is 2. The van der Waals surface area contributed by atoms with Gasteiger partial charge in [0.15, 0.2) is 0 Å². The first-order valence-electron chi connectivity index (χ1n) is 11.2. The lowest BCUT2D eigenvalue weighted by molar-refractivity contribution is 0.0883. The number of rotatable bonds is 4. The zero-order valence-corrected chi connectivity index (χ0v) is 17.9. The predicted octanol–water partition coefficient (Wildman–Crippen LogP) is 6.20. The third-order valence-corrected chi connectivity index (χ3v) is 6.79. The van der Waals surface area contributed by atoms with Gasteiger partial charge in [0.05, 0.1) is 11.8 Å². The summed E-state index contributed by atoms with van der Waals surface area (Å²) in [5.74, 6) is 1.82. The zero-order chi connectivity index (χ0) is 19.6. The molecule has 0 spiro atoms. The van der Waals surface area contributed by atoms with Crippen LogP contribution in [-0.4, -0.2) is 29.1 Å². The van der Waals surface area contributed by atoms with Gasteiger partial charge in [0.25, 0.3) is 0 Å². The molecule has 1 saturated heterocycles. The maximum absolute atomic E-state index is 6.34.